The van der Waals surface area contributed by atoms with Crippen LogP contribution in [0.2, 0.25) is 5.02 Å². The molecule has 1 aliphatic rings. The summed E-state index contributed by atoms with van der Waals surface area (Å²) < 4.78 is 33.0. The van der Waals surface area contributed by atoms with Crippen LogP contribution in [0.15, 0.2) is 24.3 Å². The zero-order chi connectivity index (χ0) is 15.3. The molecule has 1 fully saturated rings. The Morgan fingerprint density at radius 2 is 2.00 bits per heavy atom. The van der Waals surface area contributed by atoms with E-state index >= 15 is 0 Å². The number of hydrogen-bond acceptors (Lipinski definition) is 4. The maximum atomic E-state index is 12.3. The van der Waals surface area contributed by atoms with E-state index in [2.05, 4.69) is 5.32 Å². The Hall–Kier alpha value is -0.860. The molecule has 0 spiro atoms. The Kier molecular flexibility index (Phi) is 5.83. The third kappa shape index (κ3) is 4.31. The monoisotopic (exact) mass is 333 g/mol. The molecule has 0 aliphatic carbocycles. The van der Waals surface area contributed by atoms with Crippen LogP contribution in [0, 0.1) is 0 Å². The first kappa shape index (κ1) is 16.5. The van der Waals surface area contributed by atoms with E-state index in [0.29, 0.717) is 37.0 Å². The molecule has 0 amide bonds. The average Bonchev–Trinajstić information content (AvgIpc) is 2.50. The number of nitrogens with zero attached hydrogens (tertiary/aromatic N) is 2. The summed E-state index contributed by atoms with van der Waals surface area (Å²) in [4.78, 5) is 0. The first-order valence-electron chi connectivity index (χ1n) is 6.81. The third-order valence-electron chi connectivity index (χ3n) is 3.30. The first-order chi connectivity index (χ1) is 10.0. The Morgan fingerprint density at radius 3 is 2.67 bits per heavy atom. The van der Waals surface area contributed by atoms with E-state index in [1.807, 2.05) is 12.1 Å². The molecule has 0 saturated carbocycles. The Bertz CT molecular complexity index is 562. The van der Waals surface area contributed by atoms with Crippen molar-refractivity contribution in [2.45, 2.75) is 0 Å². The minimum atomic E-state index is -3.41. The molecular formula is C13H20ClN3O3S. The minimum Gasteiger partial charge on any atom is -0.491 e. The first-order valence-corrected chi connectivity index (χ1v) is 8.59. The maximum absolute atomic E-state index is 12.3. The molecule has 6 nitrogen and oxygen atoms in total. The van der Waals surface area contributed by atoms with Crippen molar-refractivity contribution in [3.05, 3.63) is 29.3 Å². The summed E-state index contributed by atoms with van der Waals surface area (Å²) in [6.45, 7) is 2.89. The van der Waals surface area contributed by atoms with Gasteiger partial charge in [0.05, 0.1) is 5.02 Å². The summed E-state index contributed by atoms with van der Waals surface area (Å²) >= 11 is 5.98. The number of piperazine rings is 1. The van der Waals surface area contributed by atoms with Crippen LogP contribution in [0.4, 0.5) is 0 Å². The molecule has 0 radical (unpaired) electrons. The highest BCUT2D eigenvalue weighted by molar-refractivity contribution is 7.86. The molecule has 0 unspecified atom stereocenters. The van der Waals surface area contributed by atoms with Crippen LogP contribution in [0.1, 0.15) is 0 Å². The highest BCUT2D eigenvalue weighted by atomic mass is 35.5. The number of likely N-dealkylation sites (N-methyl/N-ethyl adjacent to an activating group) is 1. The van der Waals surface area contributed by atoms with Gasteiger partial charge in [-0.25, -0.2) is 0 Å². The summed E-state index contributed by atoms with van der Waals surface area (Å²) in [7, 11) is -1.85. The lowest BCUT2D eigenvalue weighted by molar-refractivity contribution is 0.271. The molecule has 1 aromatic rings. The predicted octanol–water partition coefficient (Wildman–Crippen LogP) is 0.801. The summed E-state index contributed by atoms with van der Waals surface area (Å²) in [6.07, 6.45) is 0. The molecule has 118 valence electrons. The van der Waals surface area contributed by atoms with Gasteiger partial charge in [-0.2, -0.15) is 17.0 Å². The molecule has 1 saturated heterocycles. The van der Waals surface area contributed by atoms with E-state index in [-0.39, 0.29) is 13.2 Å². The van der Waals surface area contributed by atoms with Crippen LogP contribution in [0.3, 0.4) is 0 Å². The third-order valence-corrected chi connectivity index (χ3v) is 5.60. The number of hydrogen-bond donors (Lipinski definition) is 1. The maximum Gasteiger partial charge on any atom is 0.281 e. The second-order valence-electron chi connectivity index (χ2n) is 4.76. The van der Waals surface area contributed by atoms with Gasteiger partial charge in [-0.1, -0.05) is 23.7 Å². The predicted molar refractivity (Wildman–Crippen MR) is 82.9 cm³/mol. The SMILES string of the molecule is CN(CCOc1ccccc1Cl)S(=O)(=O)N1CCNCC1. The lowest BCUT2D eigenvalue weighted by Crippen LogP contribution is -2.51. The molecule has 1 heterocycles. The Morgan fingerprint density at radius 1 is 1.33 bits per heavy atom. The summed E-state index contributed by atoms with van der Waals surface area (Å²) in [5.41, 5.74) is 0. The molecule has 1 N–H and O–H groups in total. The van der Waals surface area contributed by atoms with E-state index in [4.69, 9.17) is 16.3 Å². The van der Waals surface area contributed by atoms with Crippen LogP contribution in [-0.4, -0.2) is 63.4 Å². The molecule has 0 bridgehead atoms. The smallest absolute Gasteiger partial charge is 0.281 e. The highest BCUT2D eigenvalue weighted by Crippen LogP contribution is 2.22. The number of benzene rings is 1. The number of halogens is 1. The lowest BCUT2D eigenvalue weighted by Gasteiger charge is -2.30. The largest absolute Gasteiger partial charge is 0.491 e. The van der Waals surface area contributed by atoms with Crippen LogP contribution >= 0.6 is 11.6 Å². The van der Waals surface area contributed by atoms with E-state index in [1.54, 1.807) is 19.2 Å². The number of para-hydroxylation sites is 1. The van der Waals surface area contributed by atoms with Crippen molar-refractivity contribution in [2.24, 2.45) is 0 Å². The topological polar surface area (TPSA) is 61.9 Å². The fraction of sp³-hybridized carbons (Fsp3) is 0.538. The van der Waals surface area contributed by atoms with Crippen molar-refractivity contribution in [2.75, 3.05) is 46.4 Å². The van der Waals surface area contributed by atoms with Crippen LogP contribution in [0.5, 0.6) is 5.75 Å². The van der Waals surface area contributed by atoms with Gasteiger partial charge in [0.25, 0.3) is 10.2 Å². The molecule has 1 aliphatic heterocycles. The van der Waals surface area contributed by atoms with Gasteiger partial charge in [-0.3, -0.25) is 0 Å². The van der Waals surface area contributed by atoms with Crippen molar-refractivity contribution in [1.82, 2.24) is 13.9 Å². The van der Waals surface area contributed by atoms with E-state index in [9.17, 15) is 8.42 Å². The molecule has 21 heavy (non-hydrogen) atoms. The quantitative estimate of drug-likeness (QED) is 0.836. The van der Waals surface area contributed by atoms with Crippen LogP contribution in [0.25, 0.3) is 0 Å². The van der Waals surface area contributed by atoms with Crippen molar-refractivity contribution >= 4 is 21.8 Å². The fourth-order valence-electron chi connectivity index (χ4n) is 2.03. The zero-order valence-electron chi connectivity index (χ0n) is 12.0. The van der Waals surface area contributed by atoms with Crippen LogP contribution < -0.4 is 10.1 Å². The van der Waals surface area contributed by atoms with Crippen LogP contribution in [-0.2, 0) is 10.2 Å². The molecule has 0 aromatic heterocycles. The van der Waals surface area contributed by atoms with Gasteiger partial charge in [0, 0.05) is 39.8 Å². The number of rotatable bonds is 6. The molecule has 8 heteroatoms. The molecule has 2 rings (SSSR count). The van der Waals surface area contributed by atoms with Gasteiger partial charge in [0.15, 0.2) is 0 Å². The van der Waals surface area contributed by atoms with Gasteiger partial charge in [0.2, 0.25) is 0 Å². The molecular weight excluding hydrogens is 314 g/mol. The summed E-state index contributed by atoms with van der Waals surface area (Å²) in [6, 6.07) is 7.13. The van der Waals surface area contributed by atoms with Gasteiger partial charge < -0.3 is 10.1 Å². The normalized spacial score (nSPS) is 17.1. The van der Waals surface area contributed by atoms with E-state index < -0.39 is 10.2 Å². The lowest BCUT2D eigenvalue weighted by atomic mass is 10.3. The van der Waals surface area contributed by atoms with Gasteiger partial charge in [-0.15, -0.1) is 0 Å². The zero-order valence-corrected chi connectivity index (χ0v) is 13.5. The summed E-state index contributed by atoms with van der Waals surface area (Å²) in [5, 5.41) is 3.65. The fourth-order valence-corrected chi connectivity index (χ4v) is 3.57. The van der Waals surface area contributed by atoms with Crippen molar-refractivity contribution in [3.8, 4) is 5.75 Å². The number of nitrogens with one attached hydrogen (secondary N) is 1. The Balaban J connectivity index is 1.86. The van der Waals surface area contributed by atoms with Gasteiger partial charge >= 0.3 is 0 Å². The average molecular weight is 334 g/mol. The second-order valence-corrected chi connectivity index (χ2v) is 7.20. The number of ether oxygens (including phenoxy) is 1. The van der Waals surface area contributed by atoms with Crippen molar-refractivity contribution in [1.29, 1.82) is 0 Å². The minimum absolute atomic E-state index is 0.256. The molecule has 0 atom stereocenters. The molecule has 1 aromatic carbocycles. The second kappa shape index (κ2) is 7.42. The standard InChI is InChI=1S/C13H20ClN3O3S/c1-16(21(18,19)17-8-6-15-7-9-17)10-11-20-13-5-3-2-4-12(13)14/h2-5,15H,6-11H2,1H3. The van der Waals surface area contributed by atoms with E-state index in [0.717, 1.165) is 0 Å². The van der Waals surface area contributed by atoms with Crippen molar-refractivity contribution < 1.29 is 13.2 Å². The van der Waals surface area contributed by atoms with Crippen molar-refractivity contribution in [3.63, 3.8) is 0 Å². The Labute approximate surface area is 130 Å². The van der Waals surface area contributed by atoms with Gasteiger partial charge in [-0.05, 0) is 12.1 Å². The summed E-state index contributed by atoms with van der Waals surface area (Å²) in [5.74, 6) is 0.562. The van der Waals surface area contributed by atoms with Gasteiger partial charge in [0.1, 0.15) is 12.4 Å². The van der Waals surface area contributed by atoms with E-state index in [1.165, 1.54) is 8.61 Å². The highest BCUT2D eigenvalue weighted by Gasteiger charge is 2.27.